The number of carbonyl (C=O) groups excluding carboxylic acids is 2. The van der Waals surface area contributed by atoms with Crippen molar-refractivity contribution < 1.29 is 14.7 Å². The molecule has 1 aliphatic heterocycles. The van der Waals surface area contributed by atoms with E-state index in [1.54, 1.807) is 36.2 Å². The van der Waals surface area contributed by atoms with Gasteiger partial charge in [-0.05, 0) is 17.7 Å². The number of hydrogen-bond acceptors (Lipinski definition) is 5. The van der Waals surface area contributed by atoms with E-state index >= 15 is 0 Å². The molecule has 8 nitrogen and oxygen atoms in total. The molecule has 1 fully saturated rings. The molecule has 0 unspecified atom stereocenters. The van der Waals surface area contributed by atoms with E-state index in [1.165, 1.54) is 10.1 Å². The molecule has 0 saturated carbocycles. The molecular weight excluding hydrogens is 420 g/mol. The number of benzene rings is 2. The number of para-hydroxylation sites is 1. The second kappa shape index (κ2) is 9.87. The molecule has 1 aliphatic rings. The fourth-order valence-electron chi connectivity index (χ4n) is 4.21. The number of piperazine rings is 1. The zero-order chi connectivity index (χ0) is 23.4. The number of carbonyl (C=O) groups is 2. The Hall–Kier alpha value is -3.65. The molecule has 3 aromatic rings. The molecule has 33 heavy (non-hydrogen) atoms. The summed E-state index contributed by atoms with van der Waals surface area (Å²) in [5.74, 6) is -1.06. The van der Waals surface area contributed by atoms with Gasteiger partial charge in [-0.25, -0.2) is 0 Å². The summed E-state index contributed by atoms with van der Waals surface area (Å²) in [7, 11) is 1.56. The van der Waals surface area contributed by atoms with E-state index in [2.05, 4.69) is 22.3 Å². The van der Waals surface area contributed by atoms with Crippen LogP contribution in [0.25, 0.3) is 10.9 Å². The molecule has 2 aromatic carbocycles. The molecule has 0 atom stereocenters. The van der Waals surface area contributed by atoms with Gasteiger partial charge in [0.05, 0.1) is 5.52 Å². The topological polar surface area (TPSA) is 94.9 Å². The number of nitrogens with zero attached hydrogens (tertiary/aromatic N) is 3. The lowest BCUT2D eigenvalue weighted by Crippen LogP contribution is -2.48. The molecule has 0 spiro atoms. The van der Waals surface area contributed by atoms with Crippen molar-refractivity contribution in [1.29, 1.82) is 0 Å². The summed E-state index contributed by atoms with van der Waals surface area (Å²) in [6, 6.07) is 17.1. The SMILES string of the molecule is Cn1c(=O)c(C(=O)NCCC(=O)N2CCN(Cc3ccccc3)CC2)c(O)c2ccccc21. The summed E-state index contributed by atoms with van der Waals surface area (Å²) in [6.45, 7) is 3.85. The Balaban J connectivity index is 1.30. The number of aromatic nitrogens is 1. The molecule has 172 valence electrons. The van der Waals surface area contributed by atoms with Crippen molar-refractivity contribution in [2.24, 2.45) is 7.05 Å². The highest BCUT2D eigenvalue weighted by atomic mass is 16.3. The minimum Gasteiger partial charge on any atom is -0.506 e. The molecule has 8 heteroatoms. The van der Waals surface area contributed by atoms with E-state index < -0.39 is 11.5 Å². The number of hydrogen-bond donors (Lipinski definition) is 2. The van der Waals surface area contributed by atoms with Gasteiger partial charge in [0.25, 0.3) is 11.5 Å². The molecule has 1 saturated heterocycles. The van der Waals surface area contributed by atoms with Crippen LogP contribution in [0.1, 0.15) is 22.3 Å². The van der Waals surface area contributed by atoms with Crippen molar-refractivity contribution in [1.82, 2.24) is 19.7 Å². The first kappa shape index (κ1) is 22.5. The van der Waals surface area contributed by atoms with Crippen LogP contribution in [-0.2, 0) is 18.4 Å². The molecule has 1 aromatic heterocycles. The average molecular weight is 449 g/mol. The second-order valence-electron chi connectivity index (χ2n) is 8.25. The number of amides is 2. The van der Waals surface area contributed by atoms with E-state index in [-0.39, 0.29) is 30.2 Å². The maximum atomic E-state index is 12.6. The van der Waals surface area contributed by atoms with Gasteiger partial charge >= 0.3 is 0 Å². The Morgan fingerprint density at radius 3 is 2.36 bits per heavy atom. The van der Waals surface area contributed by atoms with E-state index in [9.17, 15) is 19.5 Å². The van der Waals surface area contributed by atoms with Crippen molar-refractivity contribution in [2.75, 3.05) is 32.7 Å². The predicted molar refractivity (Wildman–Crippen MR) is 126 cm³/mol. The minimum absolute atomic E-state index is 0.0368. The van der Waals surface area contributed by atoms with Gasteiger partial charge in [0, 0.05) is 58.1 Å². The molecule has 2 heterocycles. The molecular formula is C25H28N4O4. The van der Waals surface area contributed by atoms with Gasteiger partial charge in [-0.2, -0.15) is 0 Å². The fourth-order valence-corrected chi connectivity index (χ4v) is 4.21. The third kappa shape index (κ3) is 4.90. The lowest BCUT2D eigenvalue weighted by Gasteiger charge is -2.34. The zero-order valence-corrected chi connectivity index (χ0v) is 18.7. The van der Waals surface area contributed by atoms with Crippen LogP contribution in [0.5, 0.6) is 5.75 Å². The maximum Gasteiger partial charge on any atom is 0.267 e. The van der Waals surface area contributed by atoms with Crippen molar-refractivity contribution in [2.45, 2.75) is 13.0 Å². The number of fused-ring (bicyclic) bond motifs is 1. The largest absolute Gasteiger partial charge is 0.506 e. The van der Waals surface area contributed by atoms with Crippen LogP contribution in [0.2, 0.25) is 0 Å². The van der Waals surface area contributed by atoms with Gasteiger partial charge in [-0.15, -0.1) is 0 Å². The number of pyridine rings is 1. The van der Waals surface area contributed by atoms with Crippen LogP contribution in [0.4, 0.5) is 0 Å². The van der Waals surface area contributed by atoms with E-state index in [0.29, 0.717) is 24.0 Å². The molecule has 0 bridgehead atoms. The first-order chi connectivity index (χ1) is 16.0. The van der Waals surface area contributed by atoms with Crippen LogP contribution in [0, 0.1) is 0 Å². The van der Waals surface area contributed by atoms with E-state index in [1.807, 2.05) is 18.2 Å². The van der Waals surface area contributed by atoms with Gasteiger partial charge in [-0.1, -0.05) is 42.5 Å². The standard InChI is InChI=1S/C25H28N4O4/c1-27-20-10-6-5-9-19(20)23(31)22(25(27)33)24(32)26-12-11-21(30)29-15-13-28(14-16-29)17-18-7-3-2-4-8-18/h2-10,31H,11-17H2,1H3,(H,26,32). The number of aryl methyl sites for hydroxylation is 1. The fraction of sp³-hybridized carbons (Fsp3) is 0.320. The Bertz CT molecular complexity index is 1210. The van der Waals surface area contributed by atoms with Gasteiger partial charge in [0.1, 0.15) is 11.3 Å². The van der Waals surface area contributed by atoms with Crippen LogP contribution < -0.4 is 10.9 Å². The highest BCUT2D eigenvalue weighted by molar-refractivity contribution is 6.02. The summed E-state index contributed by atoms with van der Waals surface area (Å²) in [6.07, 6.45) is 0.138. The molecule has 0 aliphatic carbocycles. The molecule has 0 radical (unpaired) electrons. The summed E-state index contributed by atoms with van der Waals surface area (Å²) in [5.41, 5.74) is 0.906. The first-order valence-corrected chi connectivity index (χ1v) is 11.1. The number of nitrogens with one attached hydrogen (secondary N) is 1. The van der Waals surface area contributed by atoms with E-state index in [0.717, 1.165) is 19.6 Å². The quantitative estimate of drug-likeness (QED) is 0.599. The van der Waals surface area contributed by atoms with Crippen molar-refractivity contribution in [3.05, 3.63) is 76.1 Å². The van der Waals surface area contributed by atoms with Gasteiger partial charge < -0.3 is 19.9 Å². The van der Waals surface area contributed by atoms with Crippen molar-refractivity contribution in [3.8, 4) is 5.75 Å². The highest BCUT2D eigenvalue weighted by Gasteiger charge is 2.23. The van der Waals surface area contributed by atoms with Crippen LogP contribution in [0.3, 0.4) is 0 Å². The zero-order valence-electron chi connectivity index (χ0n) is 18.7. The maximum absolute atomic E-state index is 12.6. The average Bonchev–Trinajstić information content (AvgIpc) is 2.84. The van der Waals surface area contributed by atoms with Crippen LogP contribution in [-0.4, -0.2) is 64.0 Å². The van der Waals surface area contributed by atoms with Gasteiger partial charge in [-0.3, -0.25) is 19.3 Å². The molecule has 4 rings (SSSR count). The van der Waals surface area contributed by atoms with Gasteiger partial charge in [0.15, 0.2) is 0 Å². The minimum atomic E-state index is -0.681. The Morgan fingerprint density at radius 1 is 0.970 bits per heavy atom. The Labute approximate surface area is 192 Å². The third-order valence-electron chi connectivity index (χ3n) is 6.10. The van der Waals surface area contributed by atoms with Crippen LogP contribution in [0.15, 0.2) is 59.4 Å². The Kier molecular flexibility index (Phi) is 6.74. The molecule has 2 N–H and O–H groups in total. The normalized spacial score (nSPS) is 14.4. The Morgan fingerprint density at radius 2 is 1.64 bits per heavy atom. The third-order valence-corrected chi connectivity index (χ3v) is 6.10. The summed E-state index contributed by atoms with van der Waals surface area (Å²) in [4.78, 5) is 42.0. The lowest BCUT2D eigenvalue weighted by molar-refractivity contribution is -0.132. The highest BCUT2D eigenvalue weighted by Crippen LogP contribution is 2.25. The van der Waals surface area contributed by atoms with Crippen molar-refractivity contribution >= 4 is 22.7 Å². The van der Waals surface area contributed by atoms with Gasteiger partial charge in [0.2, 0.25) is 5.91 Å². The molecule has 2 amide bonds. The monoisotopic (exact) mass is 448 g/mol. The van der Waals surface area contributed by atoms with Crippen molar-refractivity contribution in [3.63, 3.8) is 0 Å². The summed E-state index contributed by atoms with van der Waals surface area (Å²) < 4.78 is 1.34. The summed E-state index contributed by atoms with van der Waals surface area (Å²) >= 11 is 0. The predicted octanol–water partition coefficient (Wildman–Crippen LogP) is 1.71. The van der Waals surface area contributed by atoms with E-state index in [4.69, 9.17) is 0 Å². The first-order valence-electron chi connectivity index (χ1n) is 11.1. The van der Waals surface area contributed by atoms with Crippen LogP contribution >= 0.6 is 0 Å². The number of aromatic hydroxyl groups is 1. The smallest absolute Gasteiger partial charge is 0.267 e. The lowest BCUT2D eigenvalue weighted by atomic mass is 10.1. The second-order valence-corrected chi connectivity index (χ2v) is 8.25. The summed E-state index contributed by atoms with van der Waals surface area (Å²) in [5, 5.41) is 13.6. The number of rotatable bonds is 6.